The van der Waals surface area contributed by atoms with Gasteiger partial charge in [0.05, 0.1) is 13.1 Å². The molecule has 1 saturated heterocycles. The van der Waals surface area contributed by atoms with Crippen LogP contribution < -0.4 is 15.0 Å². The number of para-hydroxylation sites is 1. The number of hydrogen-bond donors (Lipinski definition) is 2. The smallest absolute Gasteiger partial charge is 0.234 e. The first-order valence-corrected chi connectivity index (χ1v) is 9.45. The summed E-state index contributed by atoms with van der Waals surface area (Å²) in [6.45, 7) is 4.40. The van der Waals surface area contributed by atoms with Gasteiger partial charge in [0.25, 0.3) is 0 Å². The van der Waals surface area contributed by atoms with Crippen LogP contribution in [0.5, 0.6) is 11.5 Å². The first kappa shape index (κ1) is 17.7. The second-order valence-electron chi connectivity index (χ2n) is 7.14. The molecule has 2 aliphatic rings. The molecule has 1 atom stereocenters. The minimum absolute atomic E-state index is 0.0256. The van der Waals surface area contributed by atoms with Crippen molar-refractivity contribution in [3.63, 3.8) is 0 Å². The number of amides is 1. The van der Waals surface area contributed by atoms with Crippen LogP contribution in [0.15, 0.2) is 48.5 Å². The number of fused-ring (bicyclic) bond motifs is 1. The number of carbonyl (C=O) groups excluding carboxylic acids is 1. The van der Waals surface area contributed by atoms with Crippen LogP contribution in [-0.4, -0.2) is 61.3 Å². The van der Waals surface area contributed by atoms with E-state index in [1.165, 1.54) is 5.56 Å². The Morgan fingerprint density at radius 1 is 1.07 bits per heavy atom. The highest BCUT2D eigenvalue weighted by molar-refractivity contribution is 5.78. The van der Waals surface area contributed by atoms with E-state index >= 15 is 0 Å². The fraction of sp³-hybridized carbons (Fsp3) is 0.381. The van der Waals surface area contributed by atoms with Crippen LogP contribution in [-0.2, 0) is 11.2 Å². The topological polar surface area (TPSA) is 65.0 Å². The van der Waals surface area contributed by atoms with Gasteiger partial charge in [-0.3, -0.25) is 9.69 Å². The zero-order valence-corrected chi connectivity index (χ0v) is 15.3. The molecule has 6 nitrogen and oxygen atoms in total. The van der Waals surface area contributed by atoms with Crippen molar-refractivity contribution >= 4 is 11.6 Å². The first-order chi connectivity index (χ1) is 13.2. The second kappa shape index (κ2) is 7.88. The number of phenols is 1. The third-order valence-electron chi connectivity index (χ3n) is 5.20. The molecular formula is C21H25N3O3. The van der Waals surface area contributed by atoms with Crippen molar-refractivity contribution in [3.8, 4) is 11.5 Å². The molecule has 4 rings (SSSR count). The number of nitrogens with one attached hydrogen (secondary N) is 1. The summed E-state index contributed by atoms with van der Waals surface area (Å²) in [7, 11) is 0. The molecule has 2 aliphatic heterocycles. The molecular weight excluding hydrogens is 342 g/mol. The zero-order valence-electron chi connectivity index (χ0n) is 15.3. The maximum Gasteiger partial charge on any atom is 0.234 e. The van der Waals surface area contributed by atoms with Crippen molar-refractivity contribution in [2.75, 3.05) is 44.2 Å². The molecule has 0 bridgehead atoms. The lowest BCUT2D eigenvalue weighted by Gasteiger charge is -2.35. The van der Waals surface area contributed by atoms with Crippen molar-refractivity contribution in [2.45, 2.75) is 12.5 Å². The normalized spacial score (nSPS) is 19.4. The molecule has 1 unspecified atom stereocenters. The van der Waals surface area contributed by atoms with E-state index < -0.39 is 0 Å². The molecule has 0 saturated carbocycles. The highest BCUT2D eigenvalue weighted by atomic mass is 16.5. The Hall–Kier alpha value is -2.73. The number of aromatic hydroxyl groups is 1. The second-order valence-corrected chi connectivity index (χ2v) is 7.14. The Labute approximate surface area is 159 Å². The van der Waals surface area contributed by atoms with Gasteiger partial charge in [-0.1, -0.05) is 18.2 Å². The molecule has 2 N–H and O–H groups in total. The first-order valence-electron chi connectivity index (χ1n) is 9.45. The van der Waals surface area contributed by atoms with Gasteiger partial charge < -0.3 is 20.1 Å². The summed E-state index contributed by atoms with van der Waals surface area (Å²) in [5.74, 6) is 1.26. The lowest BCUT2D eigenvalue weighted by molar-refractivity contribution is -0.122. The van der Waals surface area contributed by atoms with Crippen LogP contribution in [0.3, 0.4) is 0 Å². The van der Waals surface area contributed by atoms with Gasteiger partial charge in [0, 0.05) is 38.3 Å². The number of benzene rings is 2. The van der Waals surface area contributed by atoms with Crippen molar-refractivity contribution < 1.29 is 14.6 Å². The van der Waals surface area contributed by atoms with Crippen LogP contribution >= 0.6 is 0 Å². The van der Waals surface area contributed by atoms with Crippen molar-refractivity contribution in [1.29, 1.82) is 0 Å². The Morgan fingerprint density at radius 3 is 2.56 bits per heavy atom. The number of rotatable bonds is 5. The standard InChI is InChI=1S/C21H25N3O3/c25-18-7-5-17(6-8-18)24-11-9-23(10-12-24)15-21(26)22-14-19-13-16-3-1-2-4-20(16)27-19/h1-8,19,25H,9-15H2,(H,22,26). The molecule has 2 aromatic rings. The number of carbonyl (C=O) groups is 1. The molecule has 0 aliphatic carbocycles. The molecule has 0 aromatic heterocycles. The quantitative estimate of drug-likeness (QED) is 0.841. The molecule has 2 heterocycles. The van der Waals surface area contributed by atoms with E-state index in [9.17, 15) is 9.90 Å². The Bertz CT molecular complexity index is 761. The maximum atomic E-state index is 12.3. The average molecular weight is 367 g/mol. The Kier molecular flexibility index (Phi) is 5.16. The number of nitrogens with zero attached hydrogens (tertiary/aromatic N) is 2. The molecule has 1 amide bonds. The van der Waals surface area contributed by atoms with Crippen LogP contribution in [0.1, 0.15) is 5.56 Å². The van der Waals surface area contributed by atoms with Gasteiger partial charge in [-0.15, -0.1) is 0 Å². The summed E-state index contributed by atoms with van der Waals surface area (Å²) >= 11 is 0. The summed E-state index contributed by atoms with van der Waals surface area (Å²) in [5.41, 5.74) is 2.32. The van der Waals surface area contributed by atoms with E-state index in [0.717, 1.165) is 44.0 Å². The molecule has 6 heteroatoms. The predicted molar refractivity (Wildman–Crippen MR) is 104 cm³/mol. The van der Waals surface area contributed by atoms with E-state index in [1.54, 1.807) is 12.1 Å². The highest BCUT2D eigenvalue weighted by Gasteiger charge is 2.24. The lowest BCUT2D eigenvalue weighted by atomic mass is 10.1. The van der Waals surface area contributed by atoms with Crippen molar-refractivity contribution in [1.82, 2.24) is 10.2 Å². The van der Waals surface area contributed by atoms with Crippen LogP contribution in [0.4, 0.5) is 5.69 Å². The van der Waals surface area contributed by atoms with Crippen LogP contribution in [0.25, 0.3) is 0 Å². The van der Waals surface area contributed by atoms with Crippen molar-refractivity contribution in [3.05, 3.63) is 54.1 Å². The van der Waals surface area contributed by atoms with E-state index in [-0.39, 0.29) is 17.8 Å². The number of phenolic OH excluding ortho intramolecular Hbond substituents is 1. The van der Waals surface area contributed by atoms with E-state index in [0.29, 0.717) is 13.1 Å². The predicted octanol–water partition coefficient (Wildman–Crippen LogP) is 1.63. The fourth-order valence-corrected chi connectivity index (χ4v) is 3.68. The monoisotopic (exact) mass is 367 g/mol. The highest BCUT2D eigenvalue weighted by Crippen LogP contribution is 2.27. The van der Waals surface area contributed by atoms with E-state index in [2.05, 4.69) is 21.2 Å². The summed E-state index contributed by atoms with van der Waals surface area (Å²) < 4.78 is 5.87. The third-order valence-corrected chi connectivity index (χ3v) is 5.20. The number of ether oxygens (including phenoxy) is 1. The summed E-state index contributed by atoms with van der Waals surface area (Å²) in [6, 6.07) is 15.3. The van der Waals surface area contributed by atoms with Crippen LogP contribution in [0, 0.1) is 0 Å². The summed E-state index contributed by atoms with van der Waals surface area (Å²) in [5, 5.41) is 12.4. The molecule has 27 heavy (non-hydrogen) atoms. The third kappa shape index (κ3) is 4.34. The molecule has 1 fully saturated rings. The van der Waals surface area contributed by atoms with Gasteiger partial charge in [-0.05, 0) is 35.9 Å². The van der Waals surface area contributed by atoms with E-state index in [4.69, 9.17) is 4.74 Å². The average Bonchev–Trinajstić information content (AvgIpc) is 3.11. The number of hydrogen-bond acceptors (Lipinski definition) is 5. The Morgan fingerprint density at radius 2 is 1.81 bits per heavy atom. The van der Waals surface area contributed by atoms with Gasteiger partial charge in [0.1, 0.15) is 17.6 Å². The van der Waals surface area contributed by atoms with E-state index in [1.807, 2.05) is 30.3 Å². The molecule has 0 spiro atoms. The lowest BCUT2D eigenvalue weighted by Crippen LogP contribution is -2.50. The molecule has 142 valence electrons. The fourth-order valence-electron chi connectivity index (χ4n) is 3.68. The minimum Gasteiger partial charge on any atom is -0.508 e. The summed E-state index contributed by atoms with van der Waals surface area (Å²) in [6.07, 6.45) is 0.875. The van der Waals surface area contributed by atoms with Gasteiger partial charge in [-0.25, -0.2) is 0 Å². The number of piperazine rings is 1. The largest absolute Gasteiger partial charge is 0.508 e. The molecule has 2 aromatic carbocycles. The molecule has 0 radical (unpaired) electrons. The zero-order chi connectivity index (χ0) is 18.6. The number of anilines is 1. The van der Waals surface area contributed by atoms with Gasteiger partial charge in [0.2, 0.25) is 5.91 Å². The SMILES string of the molecule is O=C(CN1CCN(c2ccc(O)cc2)CC1)NCC1Cc2ccccc2O1. The van der Waals surface area contributed by atoms with Gasteiger partial charge >= 0.3 is 0 Å². The van der Waals surface area contributed by atoms with Crippen LogP contribution in [0.2, 0.25) is 0 Å². The maximum absolute atomic E-state index is 12.3. The Balaban J connectivity index is 1.18. The minimum atomic E-state index is 0.0256. The van der Waals surface area contributed by atoms with Gasteiger partial charge in [-0.2, -0.15) is 0 Å². The summed E-state index contributed by atoms with van der Waals surface area (Å²) in [4.78, 5) is 16.7. The van der Waals surface area contributed by atoms with Gasteiger partial charge in [0.15, 0.2) is 0 Å². The van der Waals surface area contributed by atoms with Crippen molar-refractivity contribution in [2.24, 2.45) is 0 Å².